The summed E-state index contributed by atoms with van der Waals surface area (Å²) in [5.74, 6) is 0.709. The zero-order valence-corrected chi connectivity index (χ0v) is 12.0. The fourth-order valence-electron chi connectivity index (χ4n) is 2.99. The second-order valence-electron chi connectivity index (χ2n) is 5.56. The van der Waals surface area contributed by atoms with Crippen molar-refractivity contribution in [2.45, 2.75) is 18.9 Å². The summed E-state index contributed by atoms with van der Waals surface area (Å²) < 4.78 is 38.2. The van der Waals surface area contributed by atoms with Gasteiger partial charge in [-0.3, -0.25) is 4.72 Å². The Morgan fingerprint density at radius 1 is 1.35 bits per heavy atom. The molecular formula is C14H17FN2O2S. The van der Waals surface area contributed by atoms with Crippen LogP contribution in [0.1, 0.15) is 12.8 Å². The van der Waals surface area contributed by atoms with Gasteiger partial charge in [-0.05, 0) is 37.0 Å². The van der Waals surface area contributed by atoms with Crippen LogP contribution in [0, 0.1) is 17.7 Å². The van der Waals surface area contributed by atoms with Crippen molar-refractivity contribution in [3.05, 3.63) is 36.2 Å². The number of hydrogen-bond donors (Lipinski definition) is 2. The summed E-state index contributed by atoms with van der Waals surface area (Å²) in [5, 5.41) is 3.35. The number of hydrogen-bond acceptors (Lipinski definition) is 3. The van der Waals surface area contributed by atoms with Crippen LogP contribution in [-0.4, -0.2) is 20.7 Å². The Kier molecular flexibility index (Phi) is 3.20. The number of nitrogens with one attached hydrogen (secondary N) is 2. The maximum absolute atomic E-state index is 13.6. The molecule has 0 aliphatic heterocycles. The van der Waals surface area contributed by atoms with Crippen molar-refractivity contribution in [1.82, 2.24) is 0 Å². The van der Waals surface area contributed by atoms with Gasteiger partial charge in [0.1, 0.15) is 5.82 Å². The van der Waals surface area contributed by atoms with Crippen LogP contribution in [0.5, 0.6) is 0 Å². The van der Waals surface area contributed by atoms with Crippen molar-refractivity contribution in [1.29, 1.82) is 0 Å². The minimum atomic E-state index is -3.48. The van der Waals surface area contributed by atoms with E-state index in [1.54, 1.807) is 6.07 Å². The average Bonchev–Trinajstić information content (AvgIpc) is 2.70. The molecule has 3 atom stereocenters. The van der Waals surface area contributed by atoms with Gasteiger partial charge in [-0.25, -0.2) is 12.8 Å². The Morgan fingerprint density at radius 2 is 2.15 bits per heavy atom. The average molecular weight is 296 g/mol. The molecule has 4 nitrogen and oxygen atoms in total. The summed E-state index contributed by atoms with van der Waals surface area (Å²) in [6, 6.07) is 4.77. The number of anilines is 2. The summed E-state index contributed by atoms with van der Waals surface area (Å²) in [7, 11) is -3.48. The quantitative estimate of drug-likeness (QED) is 0.840. The van der Waals surface area contributed by atoms with E-state index in [0.717, 1.165) is 30.7 Å². The monoisotopic (exact) mass is 296 g/mol. The summed E-state index contributed by atoms with van der Waals surface area (Å²) >= 11 is 0. The van der Waals surface area contributed by atoms with E-state index in [9.17, 15) is 12.8 Å². The van der Waals surface area contributed by atoms with E-state index >= 15 is 0 Å². The Balaban J connectivity index is 1.74. The third kappa shape index (κ3) is 2.65. The van der Waals surface area contributed by atoms with E-state index in [1.165, 1.54) is 12.1 Å². The Labute approximate surface area is 118 Å². The van der Waals surface area contributed by atoms with E-state index < -0.39 is 15.8 Å². The molecule has 1 saturated carbocycles. The second-order valence-corrected chi connectivity index (χ2v) is 7.31. The first-order valence-corrected chi connectivity index (χ1v) is 8.52. The molecule has 2 N–H and O–H groups in total. The van der Waals surface area contributed by atoms with Gasteiger partial charge in [0, 0.05) is 17.6 Å². The highest BCUT2D eigenvalue weighted by molar-refractivity contribution is 7.92. The van der Waals surface area contributed by atoms with E-state index in [1.807, 2.05) is 0 Å². The summed E-state index contributed by atoms with van der Waals surface area (Å²) in [6.07, 6.45) is 7.69. The van der Waals surface area contributed by atoms with Gasteiger partial charge in [0.25, 0.3) is 0 Å². The van der Waals surface area contributed by atoms with Gasteiger partial charge >= 0.3 is 0 Å². The molecule has 0 heterocycles. The third-order valence-electron chi connectivity index (χ3n) is 3.98. The van der Waals surface area contributed by atoms with Crippen LogP contribution in [0.15, 0.2) is 30.4 Å². The second kappa shape index (κ2) is 4.77. The van der Waals surface area contributed by atoms with Crippen LogP contribution in [-0.2, 0) is 10.0 Å². The Morgan fingerprint density at radius 3 is 2.85 bits per heavy atom. The molecule has 0 bridgehead atoms. The van der Waals surface area contributed by atoms with Gasteiger partial charge in [-0.15, -0.1) is 0 Å². The summed E-state index contributed by atoms with van der Waals surface area (Å²) in [4.78, 5) is 0. The van der Waals surface area contributed by atoms with Gasteiger partial charge in [-0.1, -0.05) is 12.2 Å². The first-order chi connectivity index (χ1) is 9.42. The van der Waals surface area contributed by atoms with Crippen LogP contribution >= 0.6 is 0 Å². The van der Waals surface area contributed by atoms with Crippen LogP contribution < -0.4 is 10.0 Å². The number of sulfonamides is 1. The van der Waals surface area contributed by atoms with Crippen molar-refractivity contribution in [2.24, 2.45) is 11.8 Å². The molecule has 1 fully saturated rings. The summed E-state index contributed by atoms with van der Waals surface area (Å²) in [6.45, 7) is 0. The molecule has 0 saturated heterocycles. The van der Waals surface area contributed by atoms with E-state index in [0.29, 0.717) is 12.0 Å². The van der Waals surface area contributed by atoms with Gasteiger partial charge in [0.2, 0.25) is 10.0 Å². The van der Waals surface area contributed by atoms with Crippen LogP contribution in [0.3, 0.4) is 0 Å². The SMILES string of the molecule is CS(=O)(=O)Nc1cc(NC2CC3CC=CC32)ccc1F. The highest BCUT2D eigenvalue weighted by Gasteiger charge is 2.40. The van der Waals surface area contributed by atoms with E-state index in [4.69, 9.17) is 0 Å². The highest BCUT2D eigenvalue weighted by Crippen LogP contribution is 2.44. The normalized spacial score (nSPS) is 27.8. The van der Waals surface area contributed by atoms with Gasteiger partial charge < -0.3 is 5.32 Å². The van der Waals surface area contributed by atoms with Crippen molar-refractivity contribution in [2.75, 3.05) is 16.3 Å². The first kappa shape index (κ1) is 13.4. The summed E-state index contributed by atoms with van der Waals surface area (Å²) in [5.41, 5.74) is 0.719. The fourth-order valence-corrected chi connectivity index (χ4v) is 3.55. The fraction of sp³-hybridized carbons (Fsp3) is 0.429. The number of rotatable bonds is 4. The molecule has 6 heteroatoms. The molecule has 2 aliphatic carbocycles. The topological polar surface area (TPSA) is 58.2 Å². The molecule has 0 amide bonds. The van der Waals surface area contributed by atoms with Gasteiger partial charge in [0.05, 0.1) is 11.9 Å². The zero-order chi connectivity index (χ0) is 14.3. The lowest BCUT2D eigenvalue weighted by molar-refractivity contribution is 0.218. The molecular weight excluding hydrogens is 279 g/mol. The maximum Gasteiger partial charge on any atom is 0.229 e. The van der Waals surface area contributed by atoms with Gasteiger partial charge in [0.15, 0.2) is 0 Å². The number of allylic oxidation sites excluding steroid dienone is 1. The van der Waals surface area contributed by atoms with Crippen LogP contribution in [0.2, 0.25) is 0 Å². The van der Waals surface area contributed by atoms with Crippen molar-refractivity contribution >= 4 is 21.4 Å². The molecule has 2 aliphatic rings. The molecule has 0 radical (unpaired) electrons. The van der Waals surface area contributed by atoms with Crippen molar-refractivity contribution in [3.8, 4) is 0 Å². The smallest absolute Gasteiger partial charge is 0.229 e. The molecule has 108 valence electrons. The number of halogens is 1. The lowest BCUT2D eigenvalue weighted by Crippen LogP contribution is -2.43. The third-order valence-corrected chi connectivity index (χ3v) is 4.57. The molecule has 20 heavy (non-hydrogen) atoms. The molecule has 1 aromatic carbocycles. The van der Waals surface area contributed by atoms with Crippen molar-refractivity contribution in [3.63, 3.8) is 0 Å². The van der Waals surface area contributed by atoms with Crippen LogP contribution in [0.4, 0.5) is 15.8 Å². The minimum absolute atomic E-state index is 0.0182. The lowest BCUT2D eigenvalue weighted by atomic mass is 9.71. The first-order valence-electron chi connectivity index (χ1n) is 6.63. The maximum atomic E-state index is 13.6. The molecule has 0 spiro atoms. The Bertz CT molecular complexity index is 657. The predicted molar refractivity (Wildman–Crippen MR) is 77.6 cm³/mol. The Hall–Kier alpha value is -1.56. The van der Waals surface area contributed by atoms with Crippen LogP contribution in [0.25, 0.3) is 0 Å². The molecule has 0 aromatic heterocycles. The van der Waals surface area contributed by atoms with E-state index in [2.05, 4.69) is 22.2 Å². The lowest BCUT2D eigenvalue weighted by Gasteiger charge is -2.41. The predicted octanol–water partition coefficient (Wildman–Crippen LogP) is 2.57. The van der Waals surface area contributed by atoms with Gasteiger partial charge in [-0.2, -0.15) is 0 Å². The number of benzene rings is 1. The van der Waals surface area contributed by atoms with Crippen molar-refractivity contribution < 1.29 is 12.8 Å². The largest absolute Gasteiger partial charge is 0.382 e. The number of fused-ring (bicyclic) bond motifs is 1. The van der Waals surface area contributed by atoms with E-state index in [-0.39, 0.29) is 5.69 Å². The highest BCUT2D eigenvalue weighted by atomic mass is 32.2. The standard InChI is InChI=1S/C14H17FN2O2S/c1-20(18,19)17-14-8-10(5-6-12(14)15)16-13-7-9-3-2-4-11(9)13/h2,4-6,8-9,11,13,16-17H,3,7H2,1H3. The molecule has 1 aromatic rings. The minimum Gasteiger partial charge on any atom is -0.382 e. The molecule has 3 rings (SSSR count). The molecule has 3 unspecified atom stereocenters. The zero-order valence-electron chi connectivity index (χ0n) is 11.1.